The molecule has 4 nitrogen and oxygen atoms in total. The van der Waals surface area contributed by atoms with Gasteiger partial charge in [0.05, 0.1) is 21.5 Å². The van der Waals surface area contributed by atoms with Crippen molar-refractivity contribution in [3.05, 3.63) is 50.8 Å². The Kier molecular flexibility index (Phi) is 5.22. The number of aliphatic hydroxyl groups excluding tert-OH is 1. The maximum absolute atomic E-state index is 12.2. The molecule has 1 aromatic carbocycles. The Bertz CT molecular complexity index is 668. The van der Waals surface area contributed by atoms with Crippen molar-refractivity contribution in [2.75, 3.05) is 6.61 Å². The van der Waals surface area contributed by atoms with Crippen LogP contribution in [0.2, 0.25) is 5.02 Å². The third-order valence-corrected chi connectivity index (χ3v) is 6.99. The Balaban J connectivity index is 2.27. The third-order valence-electron chi connectivity index (χ3n) is 2.57. The van der Waals surface area contributed by atoms with Crippen LogP contribution in [0.3, 0.4) is 0 Å². The zero-order valence-electron chi connectivity index (χ0n) is 10.1. The molecule has 2 rings (SSSR count). The van der Waals surface area contributed by atoms with E-state index in [9.17, 15) is 13.5 Å². The lowest BCUT2D eigenvalue weighted by Crippen LogP contribution is -2.30. The fraction of sp³-hybridized carbons (Fsp3) is 0.167. The Morgan fingerprint density at radius 3 is 2.50 bits per heavy atom. The van der Waals surface area contributed by atoms with Gasteiger partial charge in [-0.3, -0.25) is 0 Å². The molecule has 1 heterocycles. The molecule has 108 valence electrons. The van der Waals surface area contributed by atoms with E-state index in [0.717, 1.165) is 11.3 Å². The highest BCUT2D eigenvalue weighted by molar-refractivity contribution is 9.11. The van der Waals surface area contributed by atoms with Gasteiger partial charge in [-0.05, 0) is 27.6 Å². The van der Waals surface area contributed by atoms with E-state index in [1.165, 1.54) is 6.07 Å². The molecule has 1 aromatic heterocycles. The van der Waals surface area contributed by atoms with Crippen LogP contribution in [0.25, 0.3) is 0 Å². The van der Waals surface area contributed by atoms with Gasteiger partial charge in [0.15, 0.2) is 0 Å². The lowest BCUT2D eigenvalue weighted by molar-refractivity contribution is 0.259. The summed E-state index contributed by atoms with van der Waals surface area (Å²) in [5.41, 5.74) is 0.695. The SMILES string of the molecule is O=S(=O)(N[C@H](CO)c1ccccc1)c1cc(Cl)c(Br)s1. The number of thiophene rings is 1. The maximum Gasteiger partial charge on any atom is 0.250 e. The summed E-state index contributed by atoms with van der Waals surface area (Å²) < 4.78 is 27.6. The van der Waals surface area contributed by atoms with Gasteiger partial charge < -0.3 is 5.11 Å². The van der Waals surface area contributed by atoms with E-state index in [1.54, 1.807) is 24.3 Å². The van der Waals surface area contributed by atoms with Gasteiger partial charge in [0, 0.05) is 0 Å². The molecule has 0 saturated heterocycles. The van der Waals surface area contributed by atoms with Gasteiger partial charge in [-0.25, -0.2) is 13.1 Å². The molecule has 0 spiro atoms. The topological polar surface area (TPSA) is 66.4 Å². The summed E-state index contributed by atoms with van der Waals surface area (Å²) in [7, 11) is -3.73. The monoisotopic (exact) mass is 395 g/mol. The first-order chi connectivity index (χ1) is 9.44. The molecular formula is C12H11BrClNO3S2. The van der Waals surface area contributed by atoms with Crippen molar-refractivity contribution < 1.29 is 13.5 Å². The first-order valence-corrected chi connectivity index (χ1v) is 9.04. The molecule has 0 amide bonds. The Hall–Kier alpha value is -0.440. The predicted octanol–water partition coefficient (Wildman–Crippen LogP) is 3.18. The average molecular weight is 397 g/mol. The van der Waals surface area contributed by atoms with Gasteiger partial charge in [-0.15, -0.1) is 11.3 Å². The van der Waals surface area contributed by atoms with Crippen molar-refractivity contribution in [3.63, 3.8) is 0 Å². The van der Waals surface area contributed by atoms with Gasteiger partial charge in [0.2, 0.25) is 0 Å². The van der Waals surface area contributed by atoms with E-state index in [-0.39, 0.29) is 10.8 Å². The molecular weight excluding hydrogens is 386 g/mol. The lowest BCUT2D eigenvalue weighted by atomic mass is 10.1. The third kappa shape index (κ3) is 3.60. The summed E-state index contributed by atoms with van der Waals surface area (Å²) in [6, 6.07) is 9.57. The average Bonchev–Trinajstić information content (AvgIpc) is 2.78. The van der Waals surface area contributed by atoms with Crippen LogP contribution in [0.4, 0.5) is 0 Å². The summed E-state index contributed by atoms with van der Waals surface area (Å²) in [5, 5.41) is 9.73. The quantitative estimate of drug-likeness (QED) is 0.816. The lowest BCUT2D eigenvalue weighted by Gasteiger charge is -2.16. The van der Waals surface area contributed by atoms with Crippen molar-refractivity contribution >= 4 is 48.9 Å². The summed E-state index contributed by atoms with van der Waals surface area (Å²) in [4.78, 5) is 0. The number of halogens is 2. The van der Waals surface area contributed by atoms with E-state index in [1.807, 2.05) is 6.07 Å². The fourth-order valence-corrected chi connectivity index (χ4v) is 5.23. The van der Waals surface area contributed by atoms with Crippen molar-refractivity contribution in [1.29, 1.82) is 0 Å². The largest absolute Gasteiger partial charge is 0.394 e. The number of aliphatic hydroxyl groups is 1. The van der Waals surface area contributed by atoms with Crippen LogP contribution in [0, 0.1) is 0 Å². The second-order valence-corrected chi connectivity index (χ2v) is 8.67. The smallest absolute Gasteiger partial charge is 0.250 e. The van der Waals surface area contributed by atoms with Crippen LogP contribution < -0.4 is 4.72 Å². The fourth-order valence-electron chi connectivity index (χ4n) is 1.60. The molecule has 0 aliphatic rings. The minimum Gasteiger partial charge on any atom is -0.394 e. The first kappa shape index (κ1) is 15.9. The summed E-state index contributed by atoms with van der Waals surface area (Å²) >= 11 is 10.0. The van der Waals surface area contributed by atoms with Gasteiger partial charge in [-0.2, -0.15) is 0 Å². The molecule has 1 atom stereocenters. The Morgan fingerprint density at radius 1 is 1.35 bits per heavy atom. The first-order valence-electron chi connectivity index (χ1n) is 5.57. The number of rotatable bonds is 5. The number of benzene rings is 1. The molecule has 0 unspecified atom stereocenters. The molecule has 2 N–H and O–H groups in total. The van der Waals surface area contributed by atoms with E-state index in [2.05, 4.69) is 20.7 Å². The van der Waals surface area contributed by atoms with Crippen LogP contribution in [0.1, 0.15) is 11.6 Å². The van der Waals surface area contributed by atoms with Gasteiger partial charge >= 0.3 is 0 Å². The Labute approximate surface area is 134 Å². The zero-order chi connectivity index (χ0) is 14.8. The number of hydrogen-bond donors (Lipinski definition) is 2. The van der Waals surface area contributed by atoms with Gasteiger partial charge in [-0.1, -0.05) is 41.9 Å². The molecule has 2 aromatic rings. The Morgan fingerprint density at radius 2 is 2.00 bits per heavy atom. The highest BCUT2D eigenvalue weighted by Crippen LogP contribution is 2.35. The highest BCUT2D eigenvalue weighted by atomic mass is 79.9. The standard InChI is InChI=1S/C12H11BrClNO3S2/c13-12-9(14)6-11(19-12)20(17,18)15-10(7-16)8-4-2-1-3-5-8/h1-6,10,15-16H,7H2/t10-/m1/s1. The van der Waals surface area contributed by atoms with Crippen molar-refractivity contribution in [2.45, 2.75) is 10.3 Å². The molecule has 20 heavy (non-hydrogen) atoms. The minimum absolute atomic E-state index is 0.101. The zero-order valence-corrected chi connectivity index (χ0v) is 14.1. The van der Waals surface area contributed by atoms with E-state index in [4.69, 9.17) is 11.6 Å². The van der Waals surface area contributed by atoms with Crippen LogP contribution in [-0.4, -0.2) is 20.1 Å². The molecule has 0 aliphatic heterocycles. The molecule has 0 bridgehead atoms. The van der Waals surface area contributed by atoms with Crippen LogP contribution in [-0.2, 0) is 10.0 Å². The predicted molar refractivity (Wildman–Crippen MR) is 83.6 cm³/mol. The number of nitrogens with one attached hydrogen (secondary N) is 1. The van der Waals surface area contributed by atoms with E-state index in [0.29, 0.717) is 14.4 Å². The van der Waals surface area contributed by atoms with E-state index < -0.39 is 16.1 Å². The molecule has 0 radical (unpaired) electrons. The maximum atomic E-state index is 12.2. The molecule has 8 heteroatoms. The second-order valence-electron chi connectivity index (χ2n) is 3.95. The molecule has 0 aliphatic carbocycles. The van der Waals surface area contributed by atoms with Gasteiger partial charge in [0.25, 0.3) is 10.0 Å². The molecule has 0 fully saturated rings. The molecule has 0 saturated carbocycles. The second kappa shape index (κ2) is 6.55. The van der Waals surface area contributed by atoms with Crippen LogP contribution in [0.15, 0.2) is 44.4 Å². The van der Waals surface area contributed by atoms with Crippen LogP contribution >= 0.6 is 38.9 Å². The van der Waals surface area contributed by atoms with Crippen LogP contribution in [0.5, 0.6) is 0 Å². The van der Waals surface area contributed by atoms with Crippen molar-refractivity contribution in [2.24, 2.45) is 0 Å². The highest BCUT2D eigenvalue weighted by Gasteiger charge is 2.23. The number of hydrogen-bond acceptors (Lipinski definition) is 4. The summed E-state index contributed by atoms with van der Waals surface area (Å²) in [6.07, 6.45) is 0. The van der Waals surface area contributed by atoms with Gasteiger partial charge in [0.1, 0.15) is 4.21 Å². The summed E-state index contributed by atoms with van der Waals surface area (Å²) in [5.74, 6) is 0. The summed E-state index contributed by atoms with van der Waals surface area (Å²) in [6.45, 7) is -0.330. The van der Waals surface area contributed by atoms with E-state index >= 15 is 0 Å². The number of sulfonamides is 1. The van der Waals surface area contributed by atoms with Crippen molar-refractivity contribution in [3.8, 4) is 0 Å². The minimum atomic E-state index is -3.73. The van der Waals surface area contributed by atoms with Crippen molar-refractivity contribution in [1.82, 2.24) is 4.72 Å². The normalized spacial score (nSPS) is 13.3.